The number of aryl methyl sites for hydroxylation is 1. The van der Waals surface area contributed by atoms with E-state index in [1.807, 2.05) is 42.5 Å². The number of nitrogens with zero attached hydrogens (tertiary/aromatic N) is 3. The van der Waals surface area contributed by atoms with Crippen LogP contribution in [0.15, 0.2) is 77.2 Å². The van der Waals surface area contributed by atoms with Crippen LogP contribution in [0.2, 0.25) is 0 Å². The second kappa shape index (κ2) is 8.86. The zero-order valence-corrected chi connectivity index (χ0v) is 18.6. The Morgan fingerprint density at radius 1 is 0.943 bits per heavy atom. The summed E-state index contributed by atoms with van der Waals surface area (Å²) >= 11 is 0. The molecule has 0 saturated heterocycles. The number of furan rings is 1. The van der Waals surface area contributed by atoms with Crippen LogP contribution in [0.4, 0.5) is 0 Å². The maximum Gasteiger partial charge on any atom is 0.326 e. The number of aromatic nitrogens is 3. The minimum Gasteiger partial charge on any atom is -0.480 e. The fourth-order valence-electron chi connectivity index (χ4n) is 3.89. The van der Waals surface area contributed by atoms with Gasteiger partial charge < -0.3 is 14.8 Å². The van der Waals surface area contributed by atoms with E-state index < -0.39 is 30.1 Å². The number of benzene rings is 3. The Labute approximate surface area is 199 Å². The first-order valence-electron chi connectivity index (χ1n) is 10.9. The standard InChI is InChI=1S/C26H20N4O5/c1-15-24(29-30(28-15)17-7-3-2-4-8-17)25(32)27-20(26(33)34)14-21(31)16-11-12-23-19(13-16)18-9-5-6-10-22(18)35-23/h2-13,20H,14H2,1H3,(H,27,32)(H,33,34). The maximum absolute atomic E-state index is 13.0. The van der Waals surface area contributed by atoms with Crippen molar-refractivity contribution in [1.29, 1.82) is 0 Å². The molecular formula is C26H20N4O5. The molecule has 35 heavy (non-hydrogen) atoms. The fourth-order valence-corrected chi connectivity index (χ4v) is 3.89. The Morgan fingerprint density at radius 2 is 1.66 bits per heavy atom. The van der Waals surface area contributed by atoms with E-state index in [2.05, 4.69) is 15.5 Å². The summed E-state index contributed by atoms with van der Waals surface area (Å²) in [4.78, 5) is 38.9. The number of aliphatic carboxylic acids is 1. The number of carboxylic acids is 1. The van der Waals surface area contributed by atoms with E-state index in [4.69, 9.17) is 4.42 Å². The highest BCUT2D eigenvalue weighted by molar-refractivity contribution is 6.09. The molecule has 1 amide bonds. The molecule has 0 spiro atoms. The number of rotatable bonds is 7. The average molecular weight is 468 g/mol. The highest BCUT2D eigenvalue weighted by atomic mass is 16.4. The summed E-state index contributed by atoms with van der Waals surface area (Å²) in [6.07, 6.45) is -0.422. The summed E-state index contributed by atoms with van der Waals surface area (Å²) in [6.45, 7) is 1.60. The molecule has 1 unspecified atom stereocenters. The molecular weight excluding hydrogens is 448 g/mol. The summed E-state index contributed by atoms with van der Waals surface area (Å²) in [5.74, 6) is -2.47. The van der Waals surface area contributed by atoms with Crippen LogP contribution in [0.5, 0.6) is 0 Å². The molecule has 0 aliphatic carbocycles. The monoisotopic (exact) mass is 468 g/mol. The number of amides is 1. The van der Waals surface area contributed by atoms with Crippen LogP contribution in [-0.4, -0.2) is 43.8 Å². The molecule has 0 aliphatic rings. The first kappa shape index (κ1) is 22.0. The van der Waals surface area contributed by atoms with Crippen molar-refractivity contribution in [1.82, 2.24) is 20.3 Å². The lowest BCUT2D eigenvalue weighted by Gasteiger charge is -2.13. The van der Waals surface area contributed by atoms with Crippen LogP contribution in [0.25, 0.3) is 27.6 Å². The summed E-state index contributed by atoms with van der Waals surface area (Å²) in [5.41, 5.74) is 2.62. The zero-order valence-electron chi connectivity index (χ0n) is 18.6. The molecule has 0 saturated carbocycles. The van der Waals surface area contributed by atoms with E-state index >= 15 is 0 Å². The van der Waals surface area contributed by atoms with Crippen molar-refractivity contribution >= 4 is 39.6 Å². The molecule has 0 radical (unpaired) electrons. The summed E-state index contributed by atoms with van der Waals surface area (Å²) in [6, 6.07) is 20.0. The number of nitrogens with one attached hydrogen (secondary N) is 1. The fraction of sp³-hybridized carbons (Fsp3) is 0.115. The van der Waals surface area contributed by atoms with Crippen molar-refractivity contribution < 1.29 is 23.9 Å². The Hall–Kier alpha value is -4.79. The lowest BCUT2D eigenvalue weighted by molar-refractivity contribution is -0.139. The third-order valence-electron chi connectivity index (χ3n) is 5.68. The van der Waals surface area contributed by atoms with Gasteiger partial charge in [-0.05, 0) is 43.3 Å². The van der Waals surface area contributed by atoms with Gasteiger partial charge in [-0.15, -0.1) is 5.10 Å². The number of hydrogen-bond acceptors (Lipinski definition) is 6. The molecule has 9 heteroatoms. The van der Waals surface area contributed by atoms with Gasteiger partial charge in [0.05, 0.1) is 11.4 Å². The van der Waals surface area contributed by atoms with Gasteiger partial charge >= 0.3 is 5.97 Å². The topological polar surface area (TPSA) is 127 Å². The van der Waals surface area contributed by atoms with E-state index in [1.54, 1.807) is 37.3 Å². The van der Waals surface area contributed by atoms with Crippen molar-refractivity contribution in [2.24, 2.45) is 0 Å². The van der Waals surface area contributed by atoms with E-state index in [0.717, 1.165) is 10.8 Å². The molecule has 2 N–H and O–H groups in total. The van der Waals surface area contributed by atoms with E-state index in [9.17, 15) is 19.5 Å². The molecule has 0 aliphatic heterocycles. The van der Waals surface area contributed by atoms with Crippen molar-refractivity contribution in [2.45, 2.75) is 19.4 Å². The average Bonchev–Trinajstić information content (AvgIpc) is 3.44. The predicted octanol–water partition coefficient (Wildman–Crippen LogP) is 3.93. The minimum absolute atomic E-state index is 0.0150. The third-order valence-corrected chi connectivity index (χ3v) is 5.68. The number of hydrogen-bond donors (Lipinski definition) is 2. The second-order valence-corrected chi connectivity index (χ2v) is 8.06. The van der Waals surface area contributed by atoms with Crippen LogP contribution in [-0.2, 0) is 4.79 Å². The van der Waals surface area contributed by atoms with Gasteiger partial charge in [0.1, 0.15) is 17.2 Å². The maximum atomic E-state index is 13.0. The highest BCUT2D eigenvalue weighted by Crippen LogP contribution is 2.29. The first-order chi connectivity index (χ1) is 16.9. The first-order valence-corrected chi connectivity index (χ1v) is 10.9. The Balaban J connectivity index is 1.35. The normalized spacial score (nSPS) is 12.0. The van der Waals surface area contributed by atoms with Gasteiger partial charge in [0.25, 0.3) is 5.91 Å². The van der Waals surface area contributed by atoms with Gasteiger partial charge in [-0.1, -0.05) is 36.4 Å². The molecule has 2 aromatic heterocycles. The van der Waals surface area contributed by atoms with Gasteiger partial charge in [0.15, 0.2) is 11.5 Å². The lowest BCUT2D eigenvalue weighted by atomic mass is 10.0. The SMILES string of the molecule is Cc1nn(-c2ccccc2)nc1C(=O)NC(CC(=O)c1ccc2oc3ccccc3c2c1)C(=O)O. The largest absolute Gasteiger partial charge is 0.480 e. The summed E-state index contributed by atoms with van der Waals surface area (Å²) in [5, 5.41) is 22.1. The lowest BCUT2D eigenvalue weighted by Crippen LogP contribution is -2.42. The Bertz CT molecular complexity index is 1590. The number of Topliss-reactive ketones (excluding diaryl/α,β-unsaturated/α-hetero) is 1. The van der Waals surface area contributed by atoms with Gasteiger partial charge in [0.2, 0.25) is 0 Å². The van der Waals surface area contributed by atoms with Crippen LogP contribution >= 0.6 is 0 Å². The molecule has 174 valence electrons. The van der Waals surface area contributed by atoms with Crippen LogP contribution in [0.3, 0.4) is 0 Å². The number of carbonyl (C=O) groups is 3. The highest BCUT2D eigenvalue weighted by Gasteiger charge is 2.27. The molecule has 3 aromatic carbocycles. The Kier molecular flexibility index (Phi) is 5.58. The molecule has 9 nitrogen and oxygen atoms in total. The van der Waals surface area contributed by atoms with E-state index in [0.29, 0.717) is 28.1 Å². The van der Waals surface area contributed by atoms with Crippen molar-refractivity contribution in [3.05, 3.63) is 89.7 Å². The van der Waals surface area contributed by atoms with Gasteiger partial charge in [-0.25, -0.2) is 4.79 Å². The summed E-state index contributed by atoms with van der Waals surface area (Å²) < 4.78 is 5.78. The minimum atomic E-state index is -1.44. The van der Waals surface area contributed by atoms with Crippen molar-refractivity contribution in [3.63, 3.8) is 0 Å². The number of para-hydroxylation sites is 2. The summed E-state index contributed by atoms with van der Waals surface area (Å²) in [7, 11) is 0. The smallest absolute Gasteiger partial charge is 0.326 e. The van der Waals surface area contributed by atoms with Crippen molar-refractivity contribution in [2.75, 3.05) is 0 Å². The van der Waals surface area contributed by atoms with Gasteiger partial charge in [-0.3, -0.25) is 9.59 Å². The van der Waals surface area contributed by atoms with Crippen molar-refractivity contribution in [3.8, 4) is 5.69 Å². The molecule has 5 aromatic rings. The van der Waals surface area contributed by atoms with Gasteiger partial charge in [0, 0.05) is 22.8 Å². The van der Waals surface area contributed by atoms with E-state index in [1.165, 1.54) is 4.80 Å². The van der Waals surface area contributed by atoms with Crippen LogP contribution in [0, 0.1) is 6.92 Å². The number of fused-ring (bicyclic) bond motifs is 3. The quantitative estimate of drug-likeness (QED) is 0.346. The predicted molar refractivity (Wildman–Crippen MR) is 128 cm³/mol. The van der Waals surface area contributed by atoms with Crippen LogP contribution < -0.4 is 5.32 Å². The molecule has 0 bridgehead atoms. The number of carbonyl (C=O) groups excluding carboxylic acids is 2. The number of carboxylic acid groups (broad SMARTS) is 1. The number of ketones is 1. The van der Waals surface area contributed by atoms with Gasteiger partial charge in [-0.2, -0.15) is 9.90 Å². The molecule has 2 heterocycles. The van der Waals surface area contributed by atoms with Crippen LogP contribution in [0.1, 0.15) is 33.0 Å². The second-order valence-electron chi connectivity index (χ2n) is 8.06. The molecule has 1 atom stereocenters. The zero-order chi connectivity index (χ0) is 24.5. The van der Waals surface area contributed by atoms with E-state index in [-0.39, 0.29) is 5.69 Å². The third kappa shape index (κ3) is 4.26. The molecule has 5 rings (SSSR count). The molecule has 0 fully saturated rings. The Morgan fingerprint density at radius 3 is 2.43 bits per heavy atom.